The summed E-state index contributed by atoms with van der Waals surface area (Å²) in [5.74, 6) is 0.488. The highest BCUT2D eigenvalue weighted by atomic mass is 32.1. The van der Waals surface area contributed by atoms with E-state index in [1.165, 1.54) is 18.0 Å². The van der Waals surface area contributed by atoms with E-state index in [4.69, 9.17) is 9.47 Å². The Hall–Kier alpha value is -4.18. The van der Waals surface area contributed by atoms with Gasteiger partial charge in [0.1, 0.15) is 22.4 Å². The number of rotatable bonds is 8. The van der Waals surface area contributed by atoms with Gasteiger partial charge >= 0.3 is 0 Å². The third-order valence-electron chi connectivity index (χ3n) is 5.67. The number of ether oxygens (including phenoxy) is 2. The summed E-state index contributed by atoms with van der Waals surface area (Å²) < 4.78 is 12.0. The van der Waals surface area contributed by atoms with Gasteiger partial charge in [-0.25, -0.2) is 4.98 Å². The number of carbonyl (C=O) groups is 2. The number of amides is 2. The van der Waals surface area contributed by atoms with Crippen molar-refractivity contribution in [3.05, 3.63) is 75.7 Å². The zero-order chi connectivity index (χ0) is 25.8. The minimum absolute atomic E-state index is 0.313. The van der Waals surface area contributed by atoms with Crippen LogP contribution in [0.4, 0.5) is 11.4 Å². The summed E-state index contributed by atoms with van der Waals surface area (Å²) >= 11 is 1.13. The number of thiophene rings is 1. The molecular formula is C26H26N4O5S. The van der Waals surface area contributed by atoms with E-state index >= 15 is 0 Å². The molecule has 0 aliphatic rings. The number of hydrogen-bond donors (Lipinski definition) is 2. The summed E-state index contributed by atoms with van der Waals surface area (Å²) in [5, 5.41) is 5.95. The van der Waals surface area contributed by atoms with Crippen molar-refractivity contribution in [1.82, 2.24) is 9.55 Å². The van der Waals surface area contributed by atoms with E-state index in [2.05, 4.69) is 15.6 Å². The molecule has 2 N–H and O–H groups in total. The van der Waals surface area contributed by atoms with Crippen molar-refractivity contribution in [2.45, 2.75) is 26.8 Å². The molecule has 9 nitrogen and oxygen atoms in total. The van der Waals surface area contributed by atoms with Crippen LogP contribution in [-0.2, 0) is 4.79 Å². The van der Waals surface area contributed by atoms with Crippen molar-refractivity contribution in [3.8, 4) is 11.5 Å². The first kappa shape index (κ1) is 24.9. The Kier molecular flexibility index (Phi) is 7.35. The summed E-state index contributed by atoms with van der Waals surface area (Å²) in [6, 6.07) is 13.2. The molecule has 2 heterocycles. The number of nitrogens with one attached hydrogen (secondary N) is 2. The number of aryl methyl sites for hydroxylation is 1. The minimum atomic E-state index is -0.828. The fraction of sp³-hybridized carbons (Fsp3) is 0.231. The highest BCUT2D eigenvalue weighted by Crippen LogP contribution is 2.30. The molecule has 0 radical (unpaired) electrons. The standard InChI is InChI=1S/C26H26N4O5S/c1-5-35-18-12-10-17(11-13-18)28-23(31)16(3)30-14-27-25-21(26(30)33)15(2)22(36-25)24(32)29-19-8-6-7-9-20(19)34-4/h6-14,16H,5H2,1-4H3,(H,28,31)(H,29,32). The SMILES string of the molecule is CCOc1ccc(NC(=O)C(C)n2cnc3sc(C(=O)Nc4ccccc4OC)c(C)c3c2=O)cc1. The second-order valence-electron chi connectivity index (χ2n) is 7.97. The second-order valence-corrected chi connectivity index (χ2v) is 8.97. The number of anilines is 2. The van der Waals surface area contributed by atoms with E-state index < -0.39 is 6.04 Å². The van der Waals surface area contributed by atoms with Gasteiger partial charge in [-0.15, -0.1) is 11.3 Å². The molecule has 0 fully saturated rings. The van der Waals surface area contributed by atoms with Crippen LogP contribution in [0.5, 0.6) is 11.5 Å². The number of para-hydroxylation sites is 2. The monoisotopic (exact) mass is 506 g/mol. The summed E-state index contributed by atoms with van der Waals surface area (Å²) in [6.45, 7) is 5.77. The zero-order valence-corrected chi connectivity index (χ0v) is 21.1. The Balaban J connectivity index is 1.58. The Morgan fingerprint density at radius 3 is 2.53 bits per heavy atom. The fourth-order valence-corrected chi connectivity index (χ4v) is 4.77. The lowest BCUT2D eigenvalue weighted by atomic mass is 10.2. The second kappa shape index (κ2) is 10.6. The third-order valence-corrected chi connectivity index (χ3v) is 6.87. The number of carbonyl (C=O) groups excluding carboxylic acids is 2. The van der Waals surface area contributed by atoms with Gasteiger partial charge in [0, 0.05) is 5.69 Å². The number of benzene rings is 2. The lowest BCUT2D eigenvalue weighted by molar-refractivity contribution is -0.118. The molecule has 1 unspecified atom stereocenters. The maximum atomic E-state index is 13.3. The quantitative estimate of drug-likeness (QED) is 0.361. The summed E-state index contributed by atoms with van der Waals surface area (Å²) in [5.41, 5.74) is 1.22. The van der Waals surface area contributed by atoms with Gasteiger partial charge in [-0.1, -0.05) is 12.1 Å². The van der Waals surface area contributed by atoms with Gasteiger partial charge in [0.15, 0.2) is 0 Å². The first-order chi connectivity index (χ1) is 17.3. The molecular weight excluding hydrogens is 480 g/mol. The van der Waals surface area contributed by atoms with E-state index in [0.29, 0.717) is 50.1 Å². The highest BCUT2D eigenvalue weighted by Gasteiger charge is 2.23. The molecule has 4 aromatic rings. The average molecular weight is 507 g/mol. The number of nitrogens with zero attached hydrogens (tertiary/aromatic N) is 2. The van der Waals surface area contributed by atoms with Gasteiger partial charge in [0.25, 0.3) is 11.5 Å². The smallest absolute Gasteiger partial charge is 0.266 e. The highest BCUT2D eigenvalue weighted by molar-refractivity contribution is 7.20. The van der Waals surface area contributed by atoms with Crippen LogP contribution in [0.2, 0.25) is 0 Å². The molecule has 1 atom stereocenters. The third kappa shape index (κ3) is 4.94. The fourth-order valence-electron chi connectivity index (χ4n) is 3.73. The molecule has 0 saturated carbocycles. The molecule has 0 saturated heterocycles. The number of aromatic nitrogens is 2. The van der Waals surface area contributed by atoms with Gasteiger partial charge in [-0.2, -0.15) is 0 Å². The van der Waals surface area contributed by atoms with Crippen molar-refractivity contribution >= 4 is 44.7 Å². The molecule has 4 rings (SSSR count). The predicted octanol–water partition coefficient (Wildman–Crippen LogP) is 4.63. The Labute approximate surface area is 211 Å². The first-order valence-corrected chi connectivity index (χ1v) is 12.1. The molecule has 2 aromatic carbocycles. The zero-order valence-electron chi connectivity index (χ0n) is 20.3. The maximum Gasteiger partial charge on any atom is 0.266 e. The number of fused-ring (bicyclic) bond motifs is 1. The average Bonchev–Trinajstić information content (AvgIpc) is 3.22. The molecule has 0 spiro atoms. The molecule has 186 valence electrons. The topological polar surface area (TPSA) is 112 Å². The van der Waals surface area contributed by atoms with Crippen LogP contribution in [0.25, 0.3) is 10.2 Å². The Morgan fingerprint density at radius 1 is 1.11 bits per heavy atom. The lowest BCUT2D eigenvalue weighted by Gasteiger charge is -2.15. The predicted molar refractivity (Wildman–Crippen MR) is 141 cm³/mol. The van der Waals surface area contributed by atoms with Gasteiger partial charge in [0.05, 0.1) is 36.0 Å². The molecule has 0 aliphatic carbocycles. The summed E-state index contributed by atoms with van der Waals surface area (Å²) in [7, 11) is 1.52. The first-order valence-electron chi connectivity index (χ1n) is 11.3. The Bertz CT molecular complexity index is 1480. The normalized spacial score (nSPS) is 11.7. The summed E-state index contributed by atoms with van der Waals surface area (Å²) in [4.78, 5) is 44.4. The van der Waals surface area contributed by atoms with Crippen molar-refractivity contribution in [3.63, 3.8) is 0 Å². The molecule has 36 heavy (non-hydrogen) atoms. The lowest BCUT2D eigenvalue weighted by Crippen LogP contribution is -2.31. The van der Waals surface area contributed by atoms with Gasteiger partial charge in [-0.3, -0.25) is 19.0 Å². The van der Waals surface area contributed by atoms with E-state index in [-0.39, 0.29) is 17.4 Å². The molecule has 0 bridgehead atoms. The summed E-state index contributed by atoms with van der Waals surface area (Å²) in [6.07, 6.45) is 1.34. The largest absolute Gasteiger partial charge is 0.495 e. The molecule has 10 heteroatoms. The van der Waals surface area contributed by atoms with Crippen LogP contribution in [-0.4, -0.2) is 35.1 Å². The van der Waals surface area contributed by atoms with Crippen LogP contribution in [0.15, 0.2) is 59.7 Å². The van der Waals surface area contributed by atoms with Crippen molar-refractivity contribution < 1.29 is 19.1 Å². The van der Waals surface area contributed by atoms with E-state index in [9.17, 15) is 14.4 Å². The van der Waals surface area contributed by atoms with Crippen LogP contribution in [0.1, 0.15) is 35.1 Å². The maximum absolute atomic E-state index is 13.3. The van der Waals surface area contributed by atoms with Crippen LogP contribution in [0, 0.1) is 6.92 Å². The van der Waals surface area contributed by atoms with Crippen LogP contribution in [0.3, 0.4) is 0 Å². The van der Waals surface area contributed by atoms with Gasteiger partial charge in [-0.05, 0) is 62.7 Å². The van der Waals surface area contributed by atoms with E-state index in [0.717, 1.165) is 11.3 Å². The van der Waals surface area contributed by atoms with Crippen LogP contribution < -0.4 is 25.7 Å². The van der Waals surface area contributed by atoms with E-state index in [1.807, 2.05) is 6.92 Å². The van der Waals surface area contributed by atoms with Crippen molar-refractivity contribution in [2.24, 2.45) is 0 Å². The molecule has 0 aliphatic heterocycles. The van der Waals surface area contributed by atoms with Crippen LogP contribution >= 0.6 is 11.3 Å². The molecule has 2 amide bonds. The van der Waals surface area contributed by atoms with E-state index in [1.54, 1.807) is 62.4 Å². The molecule has 2 aromatic heterocycles. The van der Waals surface area contributed by atoms with Gasteiger partial charge < -0.3 is 20.1 Å². The van der Waals surface area contributed by atoms with Crippen molar-refractivity contribution in [2.75, 3.05) is 24.4 Å². The van der Waals surface area contributed by atoms with Crippen molar-refractivity contribution in [1.29, 1.82) is 0 Å². The van der Waals surface area contributed by atoms with Gasteiger partial charge in [0.2, 0.25) is 5.91 Å². The Morgan fingerprint density at radius 2 is 1.83 bits per heavy atom. The number of methoxy groups -OCH3 is 1. The number of hydrogen-bond acceptors (Lipinski definition) is 7. The minimum Gasteiger partial charge on any atom is -0.495 e.